The average Bonchev–Trinajstić information content (AvgIpc) is 2.78. The molecule has 0 aliphatic carbocycles. The summed E-state index contributed by atoms with van der Waals surface area (Å²) in [6, 6.07) is -1.46. The predicted octanol–water partition coefficient (Wildman–Crippen LogP) is -0.626. The zero-order valence-corrected chi connectivity index (χ0v) is 12.2. The van der Waals surface area contributed by atoms with Gasteiger partial charge in [-0.3, -0.25) is 4.79 Å². The van der Waals surface area contributed by atoms with Gasteiger partial charge in [0.15, 0.2) is 0 Å². The Hall–Kier alpha value is -2.14. The largest absolute Gasteiger partial charge is 0.480 e. The highest BCUT2D eigenvalue weighted by Gasteiger charge is 2.26. The summed E-state index contributed by atoms with van der Waals surface area (Å²) in [5, 5.41) is 9.01. The van der Waals surface area contributed by atoms with Crippen molar-refractivity contribution in [3.8, 4) is 0 Å². The van der Waals surface area contributed by atoms with Gasteiger partial charge >= 0.3 is 22.3 Å². The van der Waals surface area contributed by atoms with E-state index in [0.717, 1.165) is 0 Å². The van der Waals surface area contributed by atoms with Crippen molar-refractivity contribution in [1.29, 1.82) is 0 Å². The van der Waals surface area contributed by atoms with Gasteiger partial charge in [-0.2, -0.15) is 13.1 Å². The molecule has 4 N–H and O–H groups in total. The van der Waals surface area contributed by atoms with Crippen LogP contribution in [-0.2, 0) is 26.2 Å². The van der Waals surface area contributed by atoms with Crippen LogP contribution >= 0.6 is 0 Å². The third-order valence-corrected chi connectivity index (χ3v) is 3.17. The van der Waals surface area contributed by atoms with E-state index < -0.39 is 34.4 Å². The number of H-pyrrole nitrogens is 1. The van der Waals surface area contributed by atoms with Crippen molar-refractivity contribution in [2.75, 3.05) is 0 Å². The molecular formula is C10H16N4O6S. The highest BCUT2D eigenvalue weighted by molar-refractivity contribution is 7.88. The number of nitrogens with one attached hydrogen (secondary N) is 3. The topological polar surface area (TPSA) is 150 Å². The van der Waals surface area contributed by atoms with E-state index in [-0.39, 0.29) is 6.42 Å². The lowest BCUT2D eigenvalue weighted by Crippen LogP contribution is -2.49. The summed E-state index contributed by atoms with van der Waals surface area (Å²) in [4.78, 5) is 28.6. The molecule has 1 amide bonds. The van der Waals surface area contributed by atoms with Crippen LogP contribution in [-0.4, -0.2) is 47.7 Å². The third kappa shape index (κ3) is 6.23. The van der Waals surface area contributed by atoms with E-state index >= 15 is 0 Å². The number of hydrogen-bond donors (Lipinski definition) is 4. The van der Waals surface area contributed by atoms with Crippen molar-refractivity contribution in [3.05, 3.63) is 18.2 Å². The fourth-order valence-corrected chi connectivity index (χ4v) is 2.25. The Morgan fingerprint density at radius 2 is 2.14 bits per heavy atom. The lowest BCUT2D eigenvalue weighted by molar-refractivity contribution is -0.138. The molecule has 0 radical (unpaired) electrons. The molecule has 0 fully saturated rings. The fourth-order valence-electron chi connectivity index (χ4n) is 1.36. The van der Waals surface area contributed by atoms with Crippen molar-refractivity contribution >= 4 is 22.3 Å². The zero-order valence-electron chi connectivity index (χ0n) is 11.4. The number of amides is 1. The third-order valence-electron chi connectivity index (χ3n) is 2.13. The first kappa shape index (κ1) is 16.9. The van der Waals surface area contributed by atoms with Crippen LogP contribution in [0.1, 0.15) is 19.5 Å². The zero-order chi connectivity index (χ0) is 16.0. The molecule has 0 saturated carbocycles. The van der Waals surface area contributed by atoms with Crippen LogP contribution in [0.3, 0.4) is 0 Å². The van der Waals surface area contributed by atoms with Gasteiger partial charge in [0.1, 0.15) is 6.04 Å². The second-order valence-corrected chi connectivity index (χ2v) is 5.80. The molecule has 10 nitrogen and oxygen atoms in total. The number of nitrogens with zero attached hydrogens (tertiary/aromatic N) is 1. The van der Waals surface area contributed by atoms with E-state index in [2.05, 4.69) is 14.7 Å². The minimum atomic E-state index is -4.36. The number of carbonyl (C=O) groups is 2. The molecule has 1 atom stereocenters. The molecular weight excluding hydrogens is 304 g/mol. The van der Waals surface area contributed by atoms with Gasteiger partial charge in [0, 0.05) is 18.3 Å². The molecule has 0 bridgehead atoms. The number of aromatic amines is 1. The quantitative estimate of drug-likeness (QED) is 0.522. The standard InChI is InChI=1S/C10H16N4O6S/c1-6(2)20-10(17)14-21(18,19)13-8(9(15)16)3-7-4-11-5-12-7/h4-6,8,13H,3H2,1-2H3,(H,11,12)(H,14,17)(H,15,16). The Morgan fingerprint density at radius 1 is 1.48 bits per heavy atom. The van der Waals surface area contributed by atoms with E-state index in [1.165, 1.54) is 26.4 Å². The van der Waals surface area contributed by atoms with Crippen LogP contribution in [0.4, 0.5) is 4.79 Å². The van der Waals surface area contributed by atoms with Crippen molar-refractivity contribution in [2.24, 2.45) is 0 Å². The number of carbonyl (C=O) groups excluding carboxylic acids is 1. The van der Waals surface area contributed by atoms with Crippen LogP contribution in [0.5, 0.6) is 0 Å². The van der Waals surface area contributed by atoms with Gasteiger partial charge in [-0.15, -0.1) is 0 Å². The molecule has 1 aromatic rings. The van der Waals surface area contributed by atoms with E-state index in [9.17, 15) is 18.0 Å². The number of ether oxygens (including phenoxy) is 1. The predicted molar refractivity (Wildman–Crippen MR) is 70.5 cm³/mol. The Bertz CT molecular complexity index is 583. The highest BCUT2D eigenvalue weighted by Crippen LogP contribution is 2.00. The molecule has 1 unspecified atom stereocenters. The average molecular weight is 320 g/mol. The first-order chi connectivity index (χ1) is 9.69. The molecule has 0 saturated heterocycles. The van der Waals surface area contributed by atoms with Crippen LogP contribution in [0, 0.1) is 0 Å². The molecule has 118 valence electrons. The lowest BCUT2D eigenvalue weighted by atomic mass is 10.2. The minimum Gasteiger partial charge on any atom is -0.480 e. The van der Waals surface area contributed by atoms with Gasteiger partial charge < -0.3 is 14.8 Å². The Morgan fingerprint density at radius 3 is 2.62 bits per heavy atom. The van der Waals surface area contributed by atoms with Crippen molar-refractivity contribution in [2.45, 2.75) is 32.4 Å². The Kier molecular flexibility index (Phi) is 5.67. The van der Waals surface area contributed by atoms with E-state index in [4.69, 9.17) is 5.11 Å². The summed E-state index contributed by atoms with van der Waals surface area (Å²) in [6.07, 6.45) is 0.838. The van der Waals surface area contributed by atoms with Crippen molar-refractivity contribution in [1.82, 2.24) is 19.4 Å². The maximum Gasteiger partial charge on any atom is 0.422 e. The summed E-state index contributed by atoms with van der Waals surface area (Å²) < 4.78 is 31.3. The SMILES string of the molecule is CC(C)OC(=O)NS(=O)(=O)NC(Cc1cnc[nH]1)C(=O)O. The lowest BCUT2D eigenvalue weighted by Gasteiger charge is -2.15. The number of hydrogen-bond acceptors (Lipinski definition) is 6. The molecule has 1 rings (SSSR count). The Balaban J connectivity index is 2.69. The van der Waals surface area contributed by atoms with Gasteiger partial charge in [-0.1, -0.05) is 0 Å². The normalized spacial score (nSPS) is 12.9. The number of imidazole rings is 1. The van der Waals surface area contributed by atoms with Gasteiger partial charge in [0.25, 0.3) is 0 Å². The van der Waals surface area contributed by atoms with Crippen molar-refractivity contribution in [3.63, 3.8) is 0 Å². The van der Waals surface area contributed by atoms with Gasteiger partial charge in [0.05, 0.1) is 12.4 Å². The maximum atomic E-state index is 11.7. The number of carboxylic acid groups (broad SMARTS) is 1. The maximum absolute atomic E-state index is 11.7. The van der Waals surface area contributed by atoms with Crippen molar-refractivity contribution < 1.29 is 27.9 Å². The molecule has 11 heteroatoms. The van der Waals surface area contributed by atoms with Crippen LogP contribution in [0.15, 0.2) is 12.5 Å². The van der Waals surface area contributed by atoms with E-state index in [1.807, 2.05) is 4.72 Å². The second kappa shape index (κ2) is 7.04. The molecule has 1 aromatic heterocycles. The van der Waals surface area contributed by atoms with Crippen LogP contribution in [0.25, 0.3) is 0 Å². The number of aromatic nitrogens is 2. The van der Waals surface area contributed by atoms with E-state index in [1.54, 1.807) is 4.72 Å². The minimum absolute atomic E-state index is 0.157. The van der Waals surface area contributed by atoms with Gasteiger partial charge in [-0.25, -0.2) is 14.5 Å². The monoisotopic (exact) mass is 320 g/mol. The van der Waals surface area contributed by atoms with Crippen LogP contribution < -0.4 is 9.44 Å². The number of aliphatic carboxylic acids is 1. The first-order valence-electron chi connectivity index (χ1n) is 5.90. The Labute approximate surface area is 121 Å². The van der Waals surface area contributed by atoms with Gasteiger partial charge in [0.2, 0.25) is 0 Å². The second-order valence-electron chi connectivity index (χ2n) is 4.35. The van der Waals surface area contributed by atoms with Gasteiger partial charge in [-0.05, 0) is 13.8 Å². The molecule has 21 heavy (non-hydrogen) atoms. The molecule has 0 aliphatic rings. The molecule has 0 spiro atoms. The smallest absolute Gasteiger partial charge is 0.422 e. The summed E-state index contributed by atoms with van der Waals surface area (Å²) >= 11 is 0. The molecule has 0 aliphatic heterocycles. The fraction of sp³-hybridized carbons (Fsp3) is 0.500. The first-order valence-corrected chi connectivity index (χ1v) is 7.38. The highest BCUT2D eigenvalue weighted by atomic mass is 32.2. The van der Waals surface area contributed by atoms with E-state index in [0.29, 0.717) is 5.69 Å². The summed E-state index contributed by atoms with van der Waals surface area (Å²) in [5.41, 5.74) is 0.426. The summed E-state index contributed by atoms with van der Waals surface area (Å²) in [7, 11) is -4.36. The van der Waals surface area contributed by atoms with Crippen LogP contribution in [0.2, 0.25) is 0 Å². The molecule has 0 aromatic carbocycles. The summed E-state index contributed by atoms with van der Waals surface area (Å²) in [6.45, 7) is 3.08. The molecule has 1 heterocycles. The summed E-state index contributed by atoms with van der Waals surface area (Å²) in [5.74, 6) is -1.40. The number of rotatable bonds is 7. The number of carboxylic acids is 1.